The van der Waals surface area contributed by atoms with Crippen LogP contribution in [0, 0.1) is 0 Å². The van der Waals surface area contributed by atoms with Gasteiger partial charge in [-0.05, 0) is 19.3 Å². The van der Waals surface area contributed by atoms with E-state index in [0.29, 0.717) is 0 Å². The topological polar surface area (TPSA) is 48.1 Å². The fraction of sp³-hybridized carbons (Fsp3) is 0.846. The third kappa shape index (κ3) is 3.59. The van der Waals surface area contributed by atoms with Crippen LogP contribution in [0.2, 0.25) is 0 Å². The molecule has 0 atom stereocenters. The van der Waals surface area contributed by atoms with Gasteiger partial charge in [0.2, 0.25) is 11.9 Å². The molecule has 0 unspecified atom stereocenters. The first kappa shape index (κ1) is 14.1. The second kappa shape index (κ2) is 5.77. The summed E-state index contributed by atoms with van der Waals surface area (Å²) in [6.07, 6.45) is 4.14. The van der Waals surface area contributed by atoms with Gasteiger partial charge in [0, 0.05) is 21.1 Å². The third-order valence-electron chi connectivity index (χ3n) is 4.09. The first-order valence-electron chi connectivity index (χ1n) is 7.15. The van der Waals surface area contributed by atoms with E-state index in [-0.39, 0.29) is 0 Å². The first-order chi connectivity index (χ1) is 9.00. The molecule has 0 aromatic carbocycles. The number of aromatic amines is 1. The van der Waals surface area contributed by atoms with Crippen molar-refractivity contribution in [3.63, 3.8) is 0 Å². The largest absolute Gasteiger partial charge is 0.346 e. The van der Waals surface area contributed by atoms with Gasteiger partial charge in [0.05, 0.1) is 33.2 Å². The minimum absolute atomic E-state index is 0.736. The number of aromatic nitrogens is 3. The van der Waals surface area contributed by atoms with Crippen LogP contribution in [0.15, 0.2) is 0 Å². The molecule has 6 heteroatoms. The molecule has 2 rings (SSSR count). The van der Waals surface area contributed by atoms with E-state index in [1.165, 1.54) is 43.4 Å². The van der Waals surface area contributed by atoms with E-state index in [1.807, 2.05) is 19.0 Å². The predicted molar refractivity (Wildman–Crippen MR) is 78.6 cm³/mol. The number of quaternary nitrogens is 1. The molecule has 0 spiro atoms. The summed E-state index contributed by atoms with van der Waals surface area (Å²) in [7, 11) is 8.36. The van der Waals surface area contributed by atoms with Crippen LogP contribution in [0.5, 0.6) is 0 Å². The summed E-state index contributed by atoms with van der Waals surface area (Å²) in [6, 6.07) is 0. The lowest BCUT2D eigenvalue weighted by atomic mass is 10.1. The highest BCUT2D eigenvalue weighted by atomic mass is 15.4. The monoisotopic (exact) mass is 267 g/mol. The number of hydrogen-bond donors (Lipinski definition) is 1. The number of likely N-dealkylation sites (N-methyl/N-ethyl adjacent to an activating group) is 2. The smallest absolute Gasteiger partial charge is 0.245 e. The van der Waals surface area contributed by atoms with Crippen LogP contribution in [0.3, 0.4) is 0 Å². The fourth-order valence-corrected chi connectivity index (χ4v) is 2.61. The summed E-state index contributed by atoms with van der Waals surface area (Å²) >= 11 is 0. The van der Waals surface area contributed by atoms with E-state index in [9.17, 15) is 0 Å². The van der Waals surface area contributed by atoms with E-state index >= 15 is 0 Å². The van der Waals surface area contributed by atoms with E-state index in [0.717, 1.165) is 18.4 Å². The van der Waals surface area contributed by atoms with Crippen LogP contribution >= 0.6 is 0 Å². The molecule has 1 aromatic rings. The molecule has 0 aliphatic carbocycles. The zero-order valence-electron chi connectivity index (χ0n) is 12.7. The zero-order valence-corrected chi connectivity index (χ0v) is 12.7. The summed E-state index contributed by atoms with van der Waals surface area (Å²) in [5, 5.41) is 7.20. The van der Waals surface area contributed by atoms with Crippen LogP contribution in [0.4, 0.5) is 11.9 Å². The second-order valence-corrected chi connectivity index (χ2v) is 6.13. The van der Waals surface area contributed by atoms with Gasteiger partial charge in [-0.1, -0.05) is 0 Å². The van der Waals surface area contributed by atoms with Crippen molar-refractivity contribution in [3.05, 3.63) is 0 Å². The number of nitrogens with zero attached hydrogens (tertiary/aromatic N) is 5. The summed E-state index contributed by atoms with van der Waals surface area (Å²) in [4.78, 5) is 8.55. The number of anilines is 2. The predicted octanol–water partition coefficient (Wildman–Crippen LogP) is 0.937. The maximum atomic E-state index is 4.47. The SMILES string of the molecule is CN(C)c1n[nH]c(N(C)CC[N+]2(C)CCCCC2)n1. The van der Waals surface area contributed by atoms with E-state index in [1.54, 1.807) is 0 Å². The van der Waals surface area contributed by atoms with E-state index in [2.05, 4.69) is 34.2 Å². The Bertz CT molecular complexity index is 394. The highest BCUT2D eigenvalue weighted by Crippen LogP contribution is 2.17. The van der Waals surface area contributed by atoms with Crippen molar-refractivity contribution >= 4 is 11.9 Å². The van der Waals surface area contributed by atoms with Crippen molar-refractivity contribution in [2.24, 2.45) is 0 Å². The van der Waals surface area contributed by atoms with Crippen LogP contribution in [0.1, 0.15) is 19.3 Å². The van der Waals surface area contributed by atoms with Crippen LogP contribution < -0.4 is 9.80 Å². The maximum absolute atomic E-state index is 4.47. The lowest BCUT2D eigenvalue weighted by molar-refractivity contribution is -0.912. The number of piperidine rings is 1. The number of likely N-dealkylation sites (tertiary alicyclic amines) is 1. The summed E-state index contributed by atoms with van der Waals surface area (Å²) in [5.41, 5.74) is 0. The van der Waals surface area contributed by atoms with Crippen LogP contribution in [-0.2, 0) is 0 Å². The Morgan fingerprint density at radius 2 is 1.84 bits per heavy atom. The van der Waals surface area contributed by atoms with Crippen molar-refractivity contribution in [2.45, 2.75) is 19.3 Å². The maximum Gasteiger partial charge on any atom is 0.245 e. The Kier molecular flexibility index (Phi) is 4.29. The number of rotatable bonds is 5. The van der Waals surface area contributed by atoms with Gasteiger partial charge in [0.25, 0.3) is 0 Å². The van der Waals surface area contributed by atoms with Crippen LogP contribution in [0.25, 0.3) is 0 Å². The van der Waals surface area contributed by atoms with Gasteiger partial charge in [-0.3, -0.25) is 0 Å². The van der Waals surface area contributed by atoms with Crippen LogP contribution in [-0.4, -0.2) is 74.0 Å². The summed E-state index contributed by atoms with van der Waals surface area (Å²) in [5.74, 6) is 1.59. The molecule has 6 nitrogen and oxygen atoms in total. The van der Waals surface area contributed by atoms with Gasteiger partial charge in [-0.2, -0.15) is 4.98 Å². The van der Waals surface area contributed by atoms with Crippen molar-refractivity contribution in [1.82, 2.24) is 15.2 Å². The molecular weight excluding hydrogens is 240 g/mol. The molecule has 0 saturated carbocycles. The lowest BCUT2D eigenvalue weighted by Crippen LogP contribution is -2.51. The Labute approximate surface area is 116 Å². The Balaban J connectivity index is 1.87. The lowest BCUT2D eigenvalue weighted by Gasteiger charge is -2.38. The molecular formula is C13H27N6+. The highest BCUT2D eigenvalue weighted by molar-refractivity contribution is 5.36. The minimum Gasteiger partial charge on any atom is -0.346 e. The van der Waals surface area contributed by atoms with Gasteiger partial charge < -0.3 is 14.3 Å². The van der Waals surface area contributed by atoms with Gasteiger partial charge in [-0.25, -0.2) is 5.10 Å². The molecule has 1 aromatic heterocycles. The molecule has 19 heavy (non-hydrogen) atoms. The molecule has 1 N–H and O–H groups in total. The number of H-pyrrole nitrogens is 1. The zero-order chi connectivity index (χ0) is 13.9. The van der Waals surface area contributed by atoms with Gasteiger partial charge in [0.1, 0.15) is 0 Å². The fourth-order valence-electron chi connectivity index (χ4n) is 2.61. The summed E-state index contributed by atoms with van der Waals surface area (Å²) < 4.78 is 1.19. The average Bonchev–Trinajstić information content (AvgIpc) is 2.87. The minimum atomic E-state index is 0.736. The Hall–Kier alpha value is -1.30. The Morgan fingerprint density at radius 3 is 2.42 bits per heavy atom. The van der Waals surface area contributed by atoms with Crippen molar-refractivity contribution < 1.29 is 4.48 Å². The van der Waals surface area contributed by atoms with E-state index in [4.69, 9.17) is 0 Å². The summed E-state index contributed by atoms with van der Waals surface area (Å²) in [6.45, 7) is 4.81. The van der Waals surface area contributed by atoms with Crippen molar-refractivity contribution in [3.8, 4) is 0 Å². The van der Waals surface area contributed by atoms with Crippen molar-refractivity contribution in [1.29, 1.82) is 0 Å². The average molecular weight is 267 g/mol. The van der Waals surface area contributed by atoms with Gasteiger partial charge >= 0.3 is 0 Å². The van der Waals surface area contributed by atoms with Crippen molar-refractivity contribution in [2.75, 3.05) is 64.2 Å². The van der Waals surface area contributed by atoms with Gasteiger partial charge in [-0.15, -0.1) is 5.10 Å². The molecule has 2 heterocycles. The normalized spacial score (nSPS) is 18.3. The molecule has 1 aliphatic heterocycles. The highest BCUT2D eigenvalue weighted by Gasteiger charge is 2.25. The first-order valence-corrected chi connectivity index (χ1v) is 7.15. The molecule has 108 valence electrons. The second-order valence-electron chi connectivity index (χ2n) is 6.13. The molecule has 0 bridgehead atoms. The quantitative estimate of drug-likeness (QED) is 0.807. The molecule has 0 radical (unpaired) electrons. The van der Waals surface area contributed by atoms with Gasteiger partial charge in [0.15, 0.2) is 0 Å². The standard InChI is InChI=1S/C13H27N6/c1-17(2)12-14-13(16-15-12)18(3)8-11-19(4)9-6-5-7-10-19/h5-11H2,1-4H3,(H,14,15,16)/q+1. The molecule has 0 amide bonds. The number of hydrogen-bond acceptors (Lipinski definition) is 4. The molecule has 1 saturated heterocycles. The van der Waals surface area contributed by atoms with E-state index < -0.39 is 0 Å². The molecule has 1 aliphatic rings. The Morgan fingerprint density at radius 1 is 1.16 bits per heavy atom. The number of nitrogens with one attached hydrogen (secondary N) is 1. The third-order valence-corrected chi connectivity index (χ3v) is 4.09. The molecule has 1 fully saturated rings.